The SMILES string of the molecule is CCC1=C(CC)C2=C3N=C(C(CC)=C3CC)C(c3ccc(C)cc3)=c3[nH]c(c(CC)c3CC)=C(O)C3=NC(=C(c4ccc(C)cc4)C1=N2)C(CC)=C3CC. The Morgan fingerprint density at radius 1 is 0.426 bits per heavy atom. The number of aliphatic hydroxyl groups excluding tert-OH is 1. The van der Waals surface area contributed by atoms with Crippen molar-refractivity contribution in [3.8, 4) is 0 Å². The molecule has 7 rings (SSSR count). The minimum Gasteiger partial charge on any atom is -0.504 e. The number of aromatic nitrogens is 1. The van der Waals surface area contributed by atoms with Crippen LogP contribution >= 0.6 is 0 Å². The van der Waals surface area contributed by atoms with Crippen LogP contribution in [0.1, 0.15) is 127 Å². The maximum absolute atomic E-state index is 12.7. The molecule has 0 fully saturated rings. The van der Waals surface area contributed by atoms with Gasteiger partial charge in [-0.05, 0) is 121 Å². The lowest BCUT2D eigenvalue weighted by Crippen LogP contribution is -2.24. The van der Waals surface area contributed by atoms with Gasteiger partial charge in [-0.3, -0.25) is 0 Å². The topological polar surface area (TPSA) is 73.1 Å². The monoisotopic (exact) mass is 716 g/mol. The van der Waals surface area contributed by atoms with Gasteiger partial charge in [0.2, 0.25) is 0 Å². The number of fused-ring (bicyclic) bond motifs is 5. The van der Waals surface area contributed by atoms with E-state index in [0.29, 0.717) is 5.71 Å². The summed E-state index contributed by atoms with van der Waals surface area (Å²) in [4.78, 5) is 20.8. The van der Waals surface area contributed by atoms with Gasteiger partial charge in [-0.2, -0.15) is 0 Å². The largest absolute Gasteiger partial charge is 0.504 e. The highest BCUT2D eigenvalue weighted by atomic mass is 16.3. The lowest BCUT2D eigenvalue weighted by atomic mass is 9.87. The molecule has 0 saturated heterocycles. The Labute approximate surface area is 321 Å². The van der Waals surface area contributed by atoms with Crippen LogP contribution in [0.4, 0.5) is 0 Å². The summed E-state index contributed by atoms with van der Waals surface area (Å²) in [5, 5.41) is 14.5. The number of H-pyrrole nitrogens is 1. The number of allylic oxidation sites excluding steroid dienone is 6. The van der Waals surface area contributed by atoms with Gasteiger partial charge >= 0.3 is 0 Å². The van der Waals surface area contributed by atoms with Crippen LogP contribution in [0, 0.1) is 13.8 Å². The standard InChI is InChI=1S/C49H56N4O/c1-11-31-35(15-5)45-46-36(16-6)32(12-2)42(51-46)40(30-25-21-28(10)22-26-30)44-34(14-4)38(18-8)48(53-44)49(54)47-37(17-7)33(13-3)43(52-47)39(41(31)50-45)29-23-19-27(9)20-24-29/h19-26,52,54H,11-18H2,1-10H3. The van der Waals surface area contributed by atoms with Crippen LogP contribution in [0.3, 0.4) is 0 Å². The number of aliphatic hydroxyl groups is 1. The third kappa shape index (κ3) is 5.79. The van der Waals surface area contributed by atoms with E-state index in [9.17, 15) is 5.11 Å². The lowest BCUT2D eigenvalue weighted by Gasteiger charge is -2.16. The van der Waals surface area contributed by atoms with Gasteiger partial charge in [0.1, 0.15) is 5.71 Å². The molecule has 3 aromatic rings. The number of aliphatic imine (C=N–C) groups is 3. The molecule has 0 atom stereocenters. The van der Waals surface area contributed by atoms with Gasteiger partial charge in [-0.15, -0.1) is 0 Å². The minimum absolute atomic E-state index is 0.217. The van der Waals surface area contributed by atoms with E-state index >= 15 is 0 Å². The predicted molar refractivity (Wildman–Crippen MR) is 229 cm³/mol. The van der Waals surface area contributed by atoms with Crippen molar-refractivity contribution in [1.29, 1.82) is 0 Å². The van der Waals surface area contributed by atoms with Gasteiger partial charge in [0.05, 0.1) is 39.2 Å². The van der Waals surface area contributed by atoms with Crippen LogP contribution in [0.5, 0.6) is 0 Å². The van der Waals surface area contributed by atoms with Crippen molar-refractivity contribution in [1.82, 2.24) is 4.98 Å². The Morgan fingerprint density at radius 2 is 0.796 bits per heavy atom. The molecule has 0 radical (unpaired) electrons. The molecule has 2 N–H and O–H groups in total. The molecule has 4 aliphatic heterocycles. The molecule has 54 heavy (non-hydrogen) atoms. The maximum atomic E-state index is 12.7. The summed E-state index contributed by atoms with van der Waals surface area (Å²) in [5.74, 6) is 0.217. The maximum Gasteiger partial charge on any atom is 0.165 e. The first-order valence-corrected chi connectivity index (χ1v) is 20.4. The first-order chi connectivity index (χ1) is 26.2. The van der Waals surface area contributed by atoms with Crippen molar-refractivity contribution in [3.05, 3.63) is 143 Å². The molecular weight excluding hydrogens is 661 g/mol. The Hall–Kier alpha value is -5.03. The number of aryl methyl sites for hydroxylation is 2. The third-order valence-electron chi connectivity index (χ3n) is 11.9. The summed E-state index contributed by atoms with van der Waals surface area (Å²) >= 11 is 0. The lowest BCUT2D eigenvalue weighted by molar-refractivity contribution is 0.516. The highest BCUT2D eigenvalue weighted by molar-refractivity contribution is 6.37. The predicted octanol–water partition coefficient (Wildman–Crippen LogP) is 11.0. The zero-order valence-electron chi connectivity index (χ0n) is 34.1. The van der Waals surface area contributed by atoms with Gasteiger partial charge in [0, 0.05) is 11.1 Å². The fraction of sp³-hybridized carbons (Fsp3) is 0.367. The minimum atomic E-state index is 0.217. The molecule has 8 bridgehead atoms. The highest BCUT2D eigenvalue weighted by Crippen LogP contribution is 2.46. The zero-order valence-corrected chi connectivity index (χ0v) is 34.1. The van der Waals surface area contributed by atoms with E-state index in [1.165, 1.54) is 44.6 Å². The zero-order chi connectivity index (χ0) is 38.4. The normalized spacial score (nSPS) is 17.3. The fourth-order valence-corrected chi connectivity index (χ4v) is 9.21. The molecule has 0 saturated carbocycles. The molecule has 0 spiro atoms. The van der Waals surface area contributed by atoms with Crippen molar-refractivity contribution in [3.63, 3.8) is 0 Å². The summed E-state index contributed by atoms with van der Waals surface area (Å²) in [7, 11) is 0. The Kier molecular flexibility index (Phi) is 10.4. The van der Waals surface area contributed by atoms with Crippen LogP contribution < -0.4 is 10.7 Å². The van der Waals surface area contributed by atoms with Gasteiger partial charge in [-0.1, -0.05) is 115 Å². The number of nitrogens with zero attached hydrogens (tertiary/aromatic N) is 3. The fourth-order valence-electron chi connectivity index (χ4n) is 9.21. The molecule has 1 aromatic heterocycles. The second-order valence-corrected chi connectivity index (χ2v) is 14.8. The smallest absolute Gasteiger partial charge is 0.165 e. The van der Waals surface area contributed by atoms with Gasteiger partial charge in [0.25, 0.3) is 0 Å². The van der Waals surface area contributed by atoms with Crippen molar-refractivity contribution < 1.29 is 5.11 Å². The van der Waals surface area contributed by atoms with E-state index in [1.54, 1.807) is 0 Å². The van der Waals surface area contributed by atoms with Gasteiger partial charge < -0.3 is 10.1 Å². The van der Waals surface area contributed by atoms with E-state index in [0.717, 1.165) is 124 Å². The van der Waals surface area contributed by atoms with Gasteiger partial charge in [-0.25, -0.2) is 15.0 Å². The first-order valence-electron chi connectivity index (χ1n) is 20.4. The quantitative estimate of drug-likeness (QED) is 0.215. The number of nitrogens with one attached hydrogen (secondary N) is 1. The second kappa shape index (κ2) is 15.0. The molecule has 5 nitrogen and oxygen atoms in total. The van der Waals surface area contributed by atoms with E-state index in [4.69, 9.17) is 15.0 Å². The number of hydrogen-bond acceptors (Lipinski definition) is 4. The number of aromatic amines is 1. The average Bonchev–Trinajstić information content (AvgIpc) is 3.95. The molecule has 0 amide bonds. The Bertz CT molecular complexity index is 2450. The van der Waals surface area contributed by atoms with Crippen molar-refractivity contribution in [2.24, 2.45) is 15.0 Å². The molecule has 5 heterocycles. The molecule has 4 aliphatic rings. The van der Waals surface area contributed by atoms with Gasteiger partial charge in [0.15, 0.2) is 5.76 Å². The van der Waals surface area contributed by atoms with E-state index in [2.05, 4.69) is 123 Å². The summed E-state index contributed by atoms with van der Waals surface area (Å²) in [5.41, 5.74) is 22.0. The summed E-state index contributed by atoms with van der Waals surface area (Å²) in [6.45, 7) is 22.1. The highest BCUT2D eigenvalue weighted by Gasteiger charge is 2.36. The Balaban J connectivity index is 1.79. The van der Waals surface area contributed by atoms with Crippen LogP contribution in [0.25, 0.3) is 16.9 Å². The van der Waals surface area contributed by atoms with E-state index < -0.39 is 0 Å². The molecular formula is C49H56N4O. The van der Waals surface area contributed by atoms with Crippen LogP contribution in [-0.4, -0.2) is 27.2 Å². The summed E-state index contributed by atoms with van der Waals surface area (Å²) < 4.78 is 0. The molecule has 0 aliphatic carbocycles. The first kappa shape index (κ1) is 37.3. The van der Waals surface area contributed by atoms with Crippen LogP contribution in [0.2, 0.25) is 0 Å². The molecule has 0 unspecified atom stereocenters. The average molecular weight is 717 g/mol. The molecule has 278 valence electrons. The van der Waals surface area contributed by atoms with Crippen LogP contribution in [-0.2, 0) is 12.8 Å². The number of benzene rings is 2. The second-order valence-electron chi connectivity index (χ2n) is 14.8. The van der Waals surface area contributed by atoms with E-state index in [1.807, 2.05) is 0 Å². The van der Waals surface area contributed by atoms with Crippen LogP contribution in [0.15, 0.2) is 114 Å². The molecule has 2 aromatic carbocycles. The number of hydrogen-bond donors (Lipinski definition) is 2. The van der Waals surface area contributed by atoms with E-state index in [-0.39, 0.29) is 5.76 Å². The van der Waals surface area contributed by atoms with Crippen molar-refractivity contribution >= 4 is 34.0 Å². The third-order valence-corrected chi connectivity index (χ3v) is 11.9. The van der Waals surface area contributed by atoms with Crippen molar-refractivity contribution in [2.75, 3.05) is 0 Å². The Morgan fingerprint density at radius 3 is 1.24 bits per heavy atom. The summed E-state index contributed by atoms with van der Waals surface area (Å²) in [6.07, 6.45) is 6.53. The number of rotatable bonds is 10. The molecule has 5 heteroatoms. The van der Waals surface area contributed by atoms with Crippen molar-refractivity contribution in [2.45, 2.75) is 121 Å². The summed E-state index contributed by atoms with van der Waals surface area (Å²) in [6, 6.07) is 17.7.